The van der Waals surface area contributed by atoms with Gasteiger partial charge in [-0.25, -0.2) is 4.79 Å². The van der Waals surface area contributed by atoms with Gasteiger partial charge in [0.15, 0.2) is 0 Å². The number of methoxy groups -OCH3 is 1. The second kappa shape index (κ2) is 8.24. The Kier molecular flexibility index (Phi) is 6.07. The first kappa shape index (κ1) is 17.7. The maximum Gasteiger partial charge on any atom is 0.318 e. The van der Waals surface area contributed by atoms with Crippen molar-refractivity contribution >= 4 is 11.7 Å². The van der Waals surface area contributed by atoms with Gasteiger partial charge < -0.3 is 20.1 Å². The van der Waals surface area contributed by atoms with Gasteiger partial charge in [-0.3, -0.25) is 0 Å². The lowest BCUT2D eigenvalue weighted by Gasteiger charge is -2.15. The van der Waals surface area contributed by atoms with Gasteiger partial charge in [0, 0.05) is 18.3 Å². The molecule has 2 aromatic rings. The minimum atomic E-state index is -0.273. The van der Waals surface area contributed by atoms with Gasteiger partial charge in [-0.05, 0) is 48.7 Å². The lowest BCUT2D eigenvalue weighted by molar-refractivity contribution is 0.254. The monoisotopic (exact) mass is 328 g/mol. The lowest BCUT2D eigenvalue weighted by atomic mass is 10.1. The highest BCUT2D eigenvalue weighted by atomic mass is 16.5. The topological polar surface area (TPSA) is 59.6 Å². The first-order chi connectivity index (χ1) is 11.6. The van der Waals surface area contributed by atoms with Crippen molar-refractivity contribution in [1.29, 1.82) is 0 Å². The molecular weight excluding hydrogens is 304 g/mol. The van der Waals surface area contributed by atoms with Crippen molar-refractivity contribution in [3.05, 3.63) is 53.1 Å². The summed E-state index contributed by atoms with van der Waals surface area (Å²) in [5.41, 5.74) is 3.91. The molecule has 2 aromatic carbocycles. The van der Waals surface area contributed by atoms with E-state index < -0.39 is 0 Å². The second-order valence-corrected chi connectivity index (χ2v) is 5.47. The predicted octanol–water partition coefficient (Wildman–Crippen LogP) is 3.90. The molecule has 0 aromatic heterocycles. The molecule has 5 heteroatoms. The average Bonchev–Trinajstić information content (AvgIpc) is 2.61. The van der Waals surface area contributed by atoms with Crippen LogP contribution in [0.25, 0.3) is 0 Å². The Morgan fingerprint density at radius 3 is 2.58 bits per heavy atom. The van der Waals surface area contributed by atoms with Crippen molar-refractivity contribution < 1.29 is 14.3 Å². The molecule has 0 radical (unpaired) electrons. The van der Waals surface area contributed by atoms with E-state index in [-0.39, 0.29) is 6.03 Å². The van der Waals surface area contributed by atoms with Crippen LogP contribution in [0.4, 0.5) is 10.5 Å². The molecule has 0 spiro atoms. The number of nitrogens with one attached hydrogen (secondary N) is 2. The summed E-state index contributed by atoms with van der Waals surface area (Å²) < 4.78 is 11.2. The van der Waals surface area contributed by atoms with E-state index in [4.69, 9.17) is 9.47 Å². The van der Waals surface area contributed by atoms with Gasteiger partial charge in [-0.1, -0.05) is 19.1 Å². The quantitative estimate of drug-likeness (QED) is 0.845. The lowest BCUT2D eigenvalue weighted by Crippen LogP contribution is -2.25. The number of ether oxygens (including phenoxy) is 2. The number of carbonyl (C=O) groups excluding carboxylic acids is 1. The van der Waals surface area contributed by atoms with Crippen LogP contribution in [0.1, 0.15) is 23.6 Å². The third-order valence-corrected chi connectivity index (χ3v) is 3.82. The van der Waals surface area contributed by atoms with E-state index in [0.29, 0.717) is 18.0 Å². The van der Waals surface area contributed by atoms with Crippen molar-refractivity contribution in [3.8, 4) is 11.5 Å². The first-order valence-corrected chi connectivity index (χ1v) is 7.95. The van der Waals surface area contributed by atoms with Crippen LogP contribution in [0.5, 0.6) is 11.5 Å². The fourth-order valence-electron chi connectivity index (χ4n) is 2.37. The molecule has 2 N–H and O–H groups in total. The molecular formula is C19H24N2O3. The second-order valence-electron chi connectivity index (χ2n) is 5.47. The number of hydrogen-bond donors (Lipinski definition) is 2. The van der Waals surface area contributed by atoms with Gasteiger partial charge in [0.25, 0.3) is 0 Å². The highest BCUT2D eigenvalue weighted by molar-refractivity contribution is 5.90. The molecule has 128 valence electrons. The third-order valence-electron chi connectivity index (χ3n) is 3.82. The van der Waals surface area contributed by atoms with E-state index >= 15 is 0 Å². The number of anilines is 1. The standard InChI is InChI=1S/C19H24N2O3/c1-5-14-6-9-18(13(2)10-14)24-12-15-11-16(23-4)7-8-17(15)21-19(22)20-3/h6-11H,5,12H2,1-4H3,(H2,20,21,22). The maximum atomic E-state index is 11.6. The maximum absolute atomic E-state index is 11.6. The Bertz CT molecular complexity index is 714. The Labute approximate surface area is 143 Å². The van der Waals surface area contributed by atoms with Crippen molar-refractivity contribution in [2.24, 2.45) is 0 Å². The molecule has 0 unspecified atom stereocenters. The molecule has 2 rings (SSSR count). The Morgan fingerprint density at radius 2 is 1.96 bits per heavy atom. The SMILES string of the molecule is CCc1ccc(OCc2cc(OC)ccc2NC(=O)NC)c(C)c1. The number of amides is 2. The van der Waals surface area contributed by atoms with Crippen molar-refractivity contribution in [1.82, 2.24) is 5.32 Å². The highest BCUT2D eigenvalue weighted by Gasteiger charge is 2.09. The van der Waals surface area contributed by atoms with Crippen molar-refractivity contribution in [2.45, 2.75) is 26.9 Å². The highest BCUT2D eigenvalue weighted by Crippen LogP contribution is 2.26. The van der Waals surface area contributed by atoms with Crippen LogP contribution in [-0.2, 0) is 13.0 Å². The van der Waals surface area contributed by atoms with Gasteiger partial charge in [0.2, 0.25) is 0 Å². The van der Waals surface area contributed by atoms with Gasteiger partial charge in [-0.15, -0.1) is 0 Å². The number of carbonyl (C=O) groups is 1. The average molecular weight is 328 g/mol. The van der Waals surface area contributed by atoms with E-state index in [2.05, 4.69) is 29.7 Å². The largest absolute Gasteiger partial charge is 0.497 e. The van der Waals surface area contributed by atoms with Crippen LogP contribution in [0, 0.1) is 6.92 Å². The number of aryl methyl sites for hydroxylation is 2. The summed E-state index contributed by atoms with van der Waals surface area (Å²) in [5, 5.41) is 5.34. The minimum Gasteiger partial charge on any atom is -0.497 e. The predicted molar refractivity (Wildman–Crippen MR) is 96.0 cm³/mol. The smallest absolute Gasteiger partial charge is 0.318 e. The Hall–Kier alpha value is -2.69. The molecule has 0 heterocycles. The summed E-state index contributed by atoms with van der Waals surface area (Å²) in [6, 6.07) is 11.4. The molecule has 0 bridgehead atoms. The van der Waals surface area contributed by atoms with E-state index in [0.717, 1.165) is 23.3 Å². The van der Waals surface area contributed by atoms with Crippen LogP contribution >= 0.6 is 0 Å². The fourth-order valence-corrected chi connectivity index (χ4v) is 2.37. The summed E-state index contributed by atoms with van der Waals surface area (Å²) in [4.78, 5) is 11.6. The number of hydrogen-bond acceptors (Lipinski definition) is 3. The van der Waals surface area contributed by atoms with E-state index in [1.165, 1.54) is 5.56 Å². The number of benzene rings is 2. The number of rotatable bonds is 6. The van der Waals surface area contributed by atoms with Crippen LogP contribution in [-0.4, -0.2) is 20.2 Å². The normalized spacial score (nSPS) is 10.2. The summed E-state index contributed by atoms with van der Waals surface area (Å²) >= 11 is 0. The zero-order valence-corrected chi connectivity index (χ0v) is 14.6. The zero-order chi connectivity index (χ0) is 17.5. The summed E-state index contributed by atoms with van der Waals surface area (Å²) in [6.07, 6.45) is 0.997. The molecule has 0 aliphatic rings. The van der Waals surface area contributed by atoms with Gasteiger partial charge in [-0.2, -0.15) is 0 Å². The molecule has 0 saturated carbocycles. The molecule has 2 amide bonds. The van der Waals surface area contributed by atoms with Crippen LogP contribution in [0.2, 0.25) is 0 Å². The van der Waals surface area contributed by atoms with Crippen molar-refractivity contribution in [3.63, 3.8) is 0 Å². The molecule has 5 nitrogen and oxygen atoms in total. The molecule has 0 fully saturated rings. The van der Waals surface area contributed by atoms with E-state index in [1.807, 2.05) is 19.1 Å². The van der Waals surface area contributed by atoms with E-state index in [1.54, 1.807) is 26.3 Å². The summed E-state index contributed by atoms with van der Waals surface area (Å²) in [7, 11) is 3.19. The van der Waals surface area contributed by atoms with Crippen LogP contribution in [0.3, 0.4) is 0 Å². The van der Waals surface area contributed by atoms with Gasteiger partial charge >= 0.3 is 6.03 Å². The summed E-state index contributed by atoms with van der Waals surface area (Å²) in [5.74, 6) is 1.55. The Morgan fingerprint density at radius 1 is 1.17 bits per heavy atom. The van der Waals surface area contributed by atoms with Gasteiger partial charge in [0.1, 0.15) is 18.1 Å². The molecule has 0 saturated heterocycles. The summed E-state index contributed by atoms with van der Waals surface area (Å²) in [6.45, 7) is 4.49. The molecule has 24 heavy (non-hydrogen) atoms. The van der Waals surface area contributed by atoms with Gasteiger partial charge in [0.05, 0.1) is 7.11 Å². The molecule has 0 aliphatic heterocycles. The third kappa shape index (κ3) is 4.41. The van der Waals surface area contributed by atoms with Crippen LogP contribution < -0.4 is 20.1 Å². The number of urea groups is 1. The molecule has 0 atom stereocenters. The fraction of sp³-hybridized carbons (Fsp3) is 0.316. The zero-order valence-electron chi connectivity index (χ0n) is 14.6. The van der Waals surface area contributed by atoms with E-state index in [9.17, 15) is 4.79 Å². The molecule has 0 aliphatic carbocycles. The minimum absolute atomic E-state index is 0.273. The van der Waals surface area contributed by atoms with Crippen molar-refractivity contribution in [2.75, 3.05) is 19.5 Å². The Balaban J connectivity index is 2.19. The van der Waals surface area contributed by atoms with Crippen LogP contribution in [0.15, 0.2) is 36.4 Å². The first-order valence-electron chi connectivity index (χ1n) is 7.95.